The monoisotopic (exact) mass is 351 g/mol. The van der Waals surface area contributed by atoms with Crippen LogP contribution in [0.4, 0.5) is 5.82 Å². The normalized spacial score (nSPS) is 16.4. The summed E-state index contributed by atoms with van der Waals surface area (Å²) in [6.45, 7) is 4.46. The quantitative estimate of drug-likeness (QED) is 0.912. The van der Waals surface area contributed by atoms with Crippen LogP contribution in [0.25, 0.3) is 10.8 Å². The molecule has 1 aliphatic heterocycles. The molecule has 0 atom stereocenters. The van der Waals surface area contributed by atoms with Crippen LogP contribution in [-0.4, -0.2) is 47.6 Å². The second kappa shape index (κ2) is 6.78. The van der Waals surface area contributed by atoms with Crippen molar-refractivity contribution in [2.75, 3.05) is 43.0 Å². The Morgan fingerprint density at radius 3 is 2.90 bits per heavy atom. The van der Waals surface area contributed by atoms with Gasteiger partial charge in [0, 0.05) is 59.1 Å². The van der Waals surface area contributed by atoms with Gasteiger partial charge in [-0.05, 0) is 12.1 Å². The van der Waals surface area contributed by atoms with Crippen LogP contribution in [0.3, 0.4) is 0 Å². The third-order valence-electron chi connectivity index (χ3n) is 3.58. The van der Waals surface area contributed by atoms with Crippen molar-refractivity contribution in [3.63, 3.8) is 0 Å². The zero-order valence-electron chi connectivity index (χ0n) is 11.3. The summed E-state index contributed by atoms with van der Waals surface area (Å²) in [6.07, 6.45) is 1.87. The van der Waals surface area contributed by atoms with Gasteiger partial charge in [-0.3, -0.25) is 4.90 Å². The van der Waals surface area contributed by atoms with Crippen LogP contribution >= 0.6 is 27.7 Å². The number of hydrogen-bond donors (Lipinski definition) is 1. The SMILES string of the molecule is Brc1cccc2c(NCCN3CCSCC3)nccc12. The second-order valence-corrected chi connectivity index (χ2v) is 6.95. The van der Waals surface area contributed by atoms with E-state index >= 15 is 0 Å². The first-order valence-corrected chi connectivity index (χ1v) is 8.86. The molecule has 5 heteroatoms. The number of hydrogen-bond acceptors (Lipinski definition) is 4. The van der Waals surface area contributed by atoms with Gasteiger partial charge in [0.05, 0.1) is 0 Å². The molecule has 1 saturated heterocycles. The molecular weight excluding hydrogens is 334 g/mol. The molecule has 1 aromatic carbocycles. The number of rotatable bonds is 4. The van der Waals surface area contributed by atoms with Gasteiger partial charge in [-0.1, -0.05) is 28.1 Å². The topological polar surface area (TPSA) is 28.2 Å². The summed E-state index contributed by atoms with van der Waals surface area (Å²) < 4.78 is 1.12. The van der Waals surface area contributed by atoms with Crippen molar-refractivity contribution in [2.24, 2.45) is 0 Å². The molecule has 0 amide bonds. The third-order valence-corrected chi connectivity index (χ3v) is 5.21. The van der Waals surface area contributed by atoms with Crippen molar-refractivity contribution in [1.82, 2.24) is 9.88 Å². The van der Waals surface area contributed by atoms with E-state index in [1.165, 1.54) is 35.4 Å². The van der Waals surface area contributed by atoms with Gasteiger partial charge in [0.2, 0.25) is 0 Å². The van der Waals surface area contributed by atoms with E-state index in [9.17, 15) is 0 Å². The minimum Gasteiger partial charge on any atom is -0.368 e. The van der Waals surface area contributed by atoms with Gasteiger partial charge in [-0.2, -0.15) is 11.8 Å². The van der Waals surface area contributed by atoms with E-state index in [2.05, 4.69) is 61.1 Å². The molecule has 0 bridgehead atoms. The number of aromatic nitrogens is 1. The van der Waals surface area contributed by atoms with Crippen LogP contribution < -0.4 is 5.32 Å². The van der Waals surface area contributed by atoms with E-state index in [-0.39, 0.29) is 0 Å². The summed E-state index contributed by atoms with van der Waals surface area (Å²) in [5, 5.41) is 5.87. The minimum atomic E-state index is 0.948. The van der Waals surface area contributed by atoms with Crippen LogP contribution in [0.5, 0.6) is 0 Å². The highest BCUT2D eigenvalue weighted by atomic mass is 79.9. The number of nitrogens with zero attached hydrogens (tertiary/aromatic N) is 2. The van der Waals surface area contributed by atoms with E-state index in [0.717, 1.165) is 23.4 Å². The molecule has 0 saturated carbocycles. The van der Waals surface area contributed by atoms with Crippen LogP contribution in [0.2, 0.25) is 0 Å². The molecule has 3 rings (SSSR count). The zero-order chi connectivity index (χ0) is 13.8. The van der Waals surface area contributed by atoms with Crippen LogP contribution in [-0.2, 0) is 0 Å². The first-order chi connectivity index (χ1) is 9.84. The molecule has 1 N–H and O–H groups in total. The molecule has 106 valence electrons. The van der Waals surface area contributed by atoms with Crippen LogP contribution in [0.15, 0.2) is 34.9 Å². The van der Waals surface area contributed by atoms with E-state index < -0.39 is 0 Å². The number of benzene rings is 1. The second-order valence-electron chi connectivity index (χ2n) is 4.88. The predicted octanol–water partition coefficient (Wildman–Crippen LogP) is 3.46. The van der Waals surface area contributed by atoms with Gasteiger partial charge in [0.15, 0.2) is 0 Å². The van der Waals surface area contributed by atoms with Crippen molar-refractivity contribution >= 4 is 44.3 Å². The number of halogens is 1. The Labute approximate surface area is 132 Å². The van der Waals surface area contributed by atoms with Crippen LogP contribution in [0.1, 0.15) is 0 Å². The molecule has 1 fully saturated rings. The summed E-state index contributed by atoms with van der Waals surface area (Å²) >= 11 is 5.65. The average molecular weight is 352 g/mol. The lowest BCUT2D eigenvalue weighted by Crippen LogP contribution is -2.36. The maximum Gasteiger partial charge on any atom is 0.133 e. The first kappa shape index (κ1) is 14.2. The van der Waals surface area contributed by atoms with Crippen LogP contribution in [0, 0.1) is 0 Å². The van der Waals surface area contributed by atoms with Crippen molar-refractivity contribution in [2.45, 2.75) is 0 Å². The number of anilines is 1. The highest BCUT2D eigenvalue weighted by Crippen LogP contribution is 2.27. The zero-order valence-corrected chi connectivity index (χ0v) is 13.7. The summed E-state index contributed by atoms with van der Waals surface area (Å²) in [5.74, 6) is 3.51. The van der Waals surface area contributed by atoms with Crippen molar-refractivity contribution in [1.29, 1.82) is 0 Å². The Morgan fingerprint density at radius 2 is 2.05 bits per heavy atom. The lowest BCUT2D eigenvalue weighted by Gasteiger charge is -2.26. The van der Waals surface area contributed by atoms with E-state index in [1.54, 1.807) is 0 Å². The molecule has 0 spiro atoms. The summed E-state index contributed by atoms with van der Waals surface area (Å²) in [5.41, 5.74) is 0. The predicted molar refractivity (Wildman–Crippen MR) is 91.7 cm³/mol. The van der Waals surface area contributed by atoms with Gasteiger partial charge in [-0.25, -0.2) is 4.98 Å². The molecule has 1 aliphatic rings. The Bertz CT molecular complexity index is 584. The Hall–Kier alpha value is -0.780. The summed E-state index contributed by atoms with van der Waals surface area (Å²) in [6, 6.07) is 8.29. The van der Waals surface area contributed by atoms with Crippen molar-refractivity contribution in [3.8, 4) is 0 Å². The van der Waals surface area contributed by atoms with Crippen molar-refractivity contribution in [3.05, 3.63) is 34.9 Å². The number of pyridine rings is 1. The Morgan fingerprint density at radius 1 is 1.20 bits per heavy atom. The Kier molecular flexibility index (Phi) is 4.81. The molecule has 20 heavy (non-hydrogen) atoms. The fourth-order valence-electron chi connectivity index (χ4n) is 2.47. The fourth-order valence-corrected chi connectivity index (χ4v) is 3.94. The smallest absolute Gasteiger partial charge is 0.133 e. The van der Waals surface area contributed by atoms with E-state index in [1.807, 2.05) is 12.3 Å². The highest BCUT2D eigenvalue weighted by Gasteiger charge is 2.10. The lowest BCUT2D eigenvalue weighted by molar-refractivity contribution is 0.314. The maximum absolute atomic E-state index is 4.48. The molecule has 2 heterocycles. The average Bonchev–Trinajstić information content (AvgIpc) is 2.49. The molecule has 0 unspecified atom stereocenters. The summed E-state index contributed by atoms with van der Waals surface area (Å²) in [7, 11) is 0. The summed E-state index contributed by atoms with van der Waals surface area (Å²) in [4.78, 5) is 6.99. The largest absolute Gasteiger partial charge is 0.368 e. The molecule has 0 radical (unpaired) electrons. The van der Waals surface area contributed by atoms with Crippen molar-refractivity contribution < 1.29 is 0 Å². The lowest BCUT2D eigenvalue weighted by atomic mass is 10.1. The van der Waals surface area contributed by atoms with E-state index in [4.69, 9.17) is 0 Å². The number of fused-ring (bicyclic) bond motifs is 1. The molecule has 2 aromatic rings. The molecular formula is C15H18BrN3S. The fraction of sp³-hybridized carbons (Fsp3) is 0.400. The van der Waals surface area contributed by atoms with Gasteiger partial charge >= 0.3 is 0 Å². The standard InChI is InChI=1S/C15H18BrN3S/c16-14-3-1-2-13-12(14)4-5-17-15(13)18-6-7-19-8-10-20-11-9-19/h1-5H,6-11H2,(H,17,18). The number of nitrogens with one attached hydrogen (secondary N) is 1. The minimum absolute atomic E-state index is 0.948. The highest BCUT2D eigenvalue weighted by molar-refractivity contribution is 9.10. The van der Waals surface area contributed by atoms with Gasteiger partial charge in [0.25, 0.3) is 0 Å². The van der Waals surface area contributed by atoms with Gasteiger partial charge < -0.3 is 5.32 Å². The maximum atomic E-state index is 4.48. The molecule has 0 aliphatic carbocycles. The van der Waals surface area contributed by atoms with Gasteiger partial charge in [-0.15, -0.1) is 0 Å². The molecule has 3 nitrogen and oxygen atoms in total. The third kappa shape index (κ3) is 3.27. The van der Waals surface area contributed by atoms with E-state index in [0.29, 0.717) is 0 Å². The van der Waals surface area contributed by atoms with Gasteiger partial charge in [0.1, 0.15) is 5.82 Å². The molecule has 1 aromatic heterocycles. The number of thioether (sulfide) groups is 1. The first-order valence-electron chi connectivity index (χ1n) is 6.92. The Balaban J connectivity index is 1.66.